The van der Waals surface area contributed by atoms with E-state index in [9.17, 15) is 13.2 Å². The molecule has 0 aliphatic carbocycles. The molecule has 1 N–H and O–H groups in total. The molecule has 2 aromatic carbocycles. The molecule has 2 rings (SSSR count). The molecule has 0 aliphatic heterocycles. The molecule has 0 unspecified atom stereocenters. The molecular formula is C19H24N2O4S. The van der Waals surface area contributed by atoms with Crippen LogP contribution in [0.15, 0.2) is 59.5 Å². The smallest absolute Gasteiger partial charge is 0.264 e. The standard InChI is InChI=1S/C19H24N2O4S/c1-15(2)13-20-19(22)14-21(16-8-7-9-17(12-16)25-3)26(23,24)18-10-5-4-6-11-18/h4-12,15H,13-14H2,1-3H3,(H,20,22). The lowest BCUT2D eigenvalue weighted by atomic mass is 10.2. The Labute approximate surface area is 154 Å². The number of hydrogen-bond donors (Lipinski definition) is 1. The third-order valence-corrected chi connectivity index (χ3v) is 5.46. The van der Waals surface area contributed by atoms with E-state index in [2.05, 4.69) is 5.32 Å². The fourth-order valence-corrected chi connectivity index (χ4v) is 3.74. The zero-order valence-corrected chi connectivity index (χ0v) is 16.0. The number of anilines is 1. The van der Waals surface area contributed by atoms with Crippen LogP contribution in [-0.2, 0) is 14.8 Å². The lowest BCUT2D eigenvalue weighted by molar-refractivity contribution is -0.119. The van der Waals surface area contributed by atoms with Gasteiger partial charge in [-0.1, -0.05) is 38.1 Å². The van der Waals surface area contributed by atoms with Gasteiger partial charge in [0, 0.05) is 12.6 Å². The van der Waals surface area contributed by atoms with Crippen LogP contribution in [0.1, 0.15) is 13.8 Å². The Bertz CT molecular complexity index is 836. The maximum Gasteiger partial charge on any atom is 0.264 e. The molecule has 0 radical (unpaired) electrons. The van der Waals surface area contributed by atoms with Crippen LogP contribution in [-0.4, -0.2) is 34.5 Å². The van der Waals surface area contributed by atoms with E-state index in [1.54, 1.807) is 42.5 Å². The van der Waals surface area contributed by atoms with Crippen molar-refractivity contribution in [1.29, 1.82) is 0 Å². The highest BCUT2D eigenvalue weighted by molar-refractivity contribution is 7.92. The van der Waals surface area contributed by atoms with E-state index in [4.69, 9.17) is 4.74 Å². The Hall–Kier alpha value is -2.54. The Morgan fingerprint density at radius 1 is 1.12 bits per heavy atom. The molecular weight excluding hydrogens is 352 g/mol. The number of nitrogens with one attached hydrogen (secondary N) is 1. The van der Waals surface area contributed by atoms with Crippen molar-refractivity contribution in [3.63, 3.8) is 0 Å². The average molecular weight is 376 g/mol. The number of benzene rings is 2. The molecule has 0 aliphatic rings. The summed E-state index contributed by atoms with van der Waals surface area (Å²) >= 11 is 0. The van der Waals surface area contributed by atoms with Gasteiger partial charge in [0.25, 0.3) is 10.0 Å². The van der Waals surface area contributed by atoms with Crippen molar-refractivity contribution < 1.29 is 17.9 Å². The van der Waals surface area contributed by atoms with Gasteiger partial charge in [0.05, 0.1) is 17.7 Å². The van der Waals surface area contributed by atoms with Crippen molar-refractivity contribution in [2.75, 3.05) is 24.5 Å². The van der Waals surface area contributed by atoms with Gasteiger partial charge in [0.15, 0.2) is 0 Å². The molecule has 0 fully saturated rings. The minimum Gasteiger partial charge on any atom is -0.497 e. The fourth-order valence-electron chi connectivity index (χ4n) is 2.30. The summed E-state index contributed by atoms with van der Waals surface area (Å²) in [6.07, 6.45) is 0. The number of hydrogen-bond acceptors (Lipinski definition) is 4. The van der Waals surface area contributed by atoms with Gasteiger partial charge < -0.3 is 10.1 Å². The molecule has 2 aromatic rings. The first-order valence-electron chi connectivity index (χ1n) is 8.33. The van der Waals surface area contributed by atoms with Crippen LogP contribution in [0.25, 0.3) is 0 Å². The number of ether oxygens (including phenoxy) is 1. The molecule has 6 nitrogen and oxygen atoms in total. The van der Waals surface area contributed by atoms with Crippen LogP contribution in [0.4, 0.5) is 5.69 Å². The molecule has 1 amide bonds. The largest absolute Gasteiger partial charge is 0.497 e. The quantitative estimate of drug-likeness (QED) is 0.768. The highest BCUT2D eigenvalue weighted by atomic mass is 32.2. The second-order valence-electron chi connectivity index (χ2n) is 6.22. The summed E-state index contributed by atoms with van der Waals surface area (Å²) in [7, 11) is -2.39. The first-order chi connectivity index (χ1) is 12.3. The van der Waals surface area contributed by atoms with Crippen molar-refractivity contribution in [3.05, 3.63) is 54.6 Å². The summed E-state index contributed by atoms with van der Waals surface area (Å²) < 4.78 is 32.5. The van der Waals surface area contributed by atoms with Crippen LogP contribution in [0, 0.1) is 5.92 Å². The van der Waals surface area contributed by atoms with Crippen molar-refractivity contribution in [2.24, 2.45) is 5.92 Å². The van der Waals surface area contributed by atoms with Crippen molar-refractivity contribution in [1.82, 2.24) is 5.32 Å². The maximum absolute atomic E-state index is 13.1. The predicted molar refractivity (Wildman–Crippen MR) is 102 cm³/mol. The number of rotatable bonds is 8. The van der Waals surface area contributed by atoms with Crippen LogP contribution < -0.4 is 14.4 Å². The van der Waals surface area contributed by atoms with E-state index in [0.717, 1.165) is 4.31 Å². The number of amides is 1. The molecule has 140 valence electrons. The lowest BCUT2D eigenvalue weighted by Crippen LogP contribution is -2.41. The summed E-state index contributed by atoms with van der Waals surface area (Å²) in [4.78, 5) is 12.4. The normalized spacial score (nSPS) is 11.2. The van der Waals surface area contributed by atoms with Gasteiger partial charge in [-0.25, -0.2) is 8.42 Å². The Kier molecular flexibility index (Phi) is 6.63. The van der Waals surface area contributed by atoms with Crippen LogP contribution in [0.2, 0.25) is 0 Å². The van der Waals surface area contributed by atoms with E-state index < -0.39 is 10.0 Å². The minimum atomic E-state index is -3.90. The summed E-state index contributed by atoms with van der Waals surface area (Å²) in [6.45, 7) is 4.12. The number of carbonyl (C=O) groups is 1. The van der Waals surface area contributed by atoms with E-state index in [-0.39, 0.29) is 23.3 Å². The summed E-state index contributed by atoms with van der Waals surface area (Å²) in [5.74, 6) is 0.425. The second kappa shape index (κ2) is 8.71. The molecule has 0 bridgehead atoms. The first-order valence-corrected chi connectivity index (χ1v) is 9.77. The summed E-state index contributed by atoms with van der Waals surface area (Å²) in [5, 5.41) is 2.76. The molecule has 0 saturated carbocycles. The van der Waals surface area contributed by atoms with Crippen molar-refractivity contribution in [2.45, 2.75) is 18.7 Å². The molecule has 0 spiro atoms. The van der Waals surface area contributed by atoms with Gasteiger partial charge in [0.1, 0.15) is 12.3 Å². The Balaban J connectivity index is 2.40. The molecule has 0 heterocycles. The third-order valence-electron chi connectivity index (χ3n) is 3.67. The molecule has 0 atom stereocenters. The van der Waals surface area contributed by atoms with Crippen molar-refractivity contribution in [3.8, 4) is 5.75 Å². The average Bonchev–Trinajstić information content (AvgIpc) is 2.65. The topological polar surface area (TPSA) is 75.7 Å². The van der Waals surface area contributed by atoms with Gasteiger partial charge in [-0.3, -0.25) is 9.10 Å². The lowest BCUT2D eigenvalue weighted by Gasteiger charge is -2.24. The zero-order valence-electron chi connectivity index (χ0n) is 15.2. The van der Waals surface area contributed by atoms with E-state index >= 15 is 0 Å². The monoisotopic (exact) mass is 376 g/mol. The van der Waals surface area contributed by atoms with Gasteiger partial charge >= 0.3 is 0 Å². The van der Waals surface area contributed by atoms with Gasteiger partial charge in [-0.2, -0.15) is 0 Å². The third kappa shape index (κ3) is 4.98. The van der Waals surface area contributed by atoms with Gasteiger partial charge in [-0.15, -0.1) is 0 Å². The Morgan fingerprint density at radius 2 is 1.81 bits per heavy atom. The summed E-state index contributed by atoms with van der Waals surface area (Å²) in [5.41, 5.74) is 0.368. The highest BCUT2D eigenvalue weighted by Gasteiger charge is 2.27. The predicted octanol–water partition coefficient (Wildman–Crippen LogP) is 2.66. The molecule has 7 heteroatoms. The van der Waals surface area contributed by atoms with Crippen molar-refractivity contribution >= 4 is 21.6 Å². The van der Waals surface area contributed by atoms with Crippen LogP contribution >= 0.6 is 0 Å². The SMILES string of the molecule is COc1cccc(N(CC(=O)NCC(C)C)S(=O)(=O)c2ccccc2)c1. The molecule has 0 saturated heterocycles. The van der Waals surface area contributed by atoms with Gasteiger partial charge in [0.2, 0.25) is 5.91 Å². The molecule has 0 aromatic heterocycles. The number of methoxy groups -OCH3 is 1. The maximum atomic E-state index is 13.1. The highest BCUT2D eigenvalue weighted by Crippen LogP contribution is 2.26. The van der Waals surface area contributed by atoms with Crippen LogP contribution in [0.5, 0.6) is 5.75 Å². The second-order valence-corrected chi connectivity index (χ2v) is 8.09. The summed E-state index contributed by atoms with van der Waals surface area (Å²) in [6, 6.07) is 14.7. The minimum absolute atomic E-state index is 0.125. The first kappa shape index (κ1) is 19.8. The zero-order chi connectivity index (χ0) is 19.2. The van der Waals surface area contributed by atoms with Gasteiger partial charge in [-0.05, 0) is 30.2 Å². The fraction of sp³-hybridized carbons (Fsp3) is 0.316. The number of carbonyl (C=O) groups excluding carboxylic acids is 1. The number of nitrogens with zero attached hydrogens (tertiary/aromatic N) is 1. The van der Waals surface area contributed by atoms with E-state index in [1.807, 2.05) is 13.8 Å². The Morgan fingerprint density at radius 3 is 2.42 bits per heavy atom. The van der Waals surface area contributed by atoms with E-state index in [0.29, 0.717) is 18.0 Å². The van der Waals surface area contributed by atoms with E-state index in [1.165, 1.54) is 19.2 Å². The molecule has 26 heavy (non-hydrogen) atoms. The number of sulfonamides is 1. The van der Waals surface area contributed by atoms with Crippen LogP contribution in [0.3, 0.4) is 0 Å².